The first-order chi connectivity index (χ1) is 9.31. The molecule has 1 N–H and O–H groups in total. The summed E-state index contributed by atoms with van der Waals surface area (Å²) in [7, 11) is 0. The Bertz CT molecular complexity index is 664. The Morgan fingerprint density at radius 3 is 3.05 bits per heavy atom. The predicted octanol–water partition coefficient (Wildman–Crippen LogP) is 2.95. The minimum Gasteiger partial charge on any atom is -0.454 e. The third kappa shape index (κ3) is 1.69. The Kier molecular flexibility index (Phi) is 2.29. The summed E-state index contributed by atoms with van der Waals surface area (Å²) in [5.74, 6) is 1.71. The first-order valence-corrected chi connectivity index (χ1v) is 6.96. The number of fused-ring (bicyclic) bond motifs is 2. The number of hydrogen-bond donors (Lipinski definition) is 1. The van der Waals surface area contributed by atoms with Gasteiger partial charge in [-0.2, -0.15) is 0 Å². The van der Waals surface area contributed by atoms with Crippen molar-refractivity contribution in [3.05, 3.63) is 40.1 Å². The smallest absolute Gasteiger partial charge is 0.231 e. The third-order valence-corrected chi connectivity index (χ3v) is 4.50. The molecule has 96 valence electrons. The minimum atomic E-state index is 0.0635. The fraction of sp³-hybridized carbons (Fsp3) is 0.214. The number of carbonyl (C=O) groups is 1. The van der Waals surface area contributed by atoms with E-state index in [1.165, 1.54) is 4.88 Å². The van der Waals surface area contributed by atoms with Crippen molar-refractivity contribution in [3.8, 4) is 11.5 Å². The Morgan fingerprint density at radius 1 is 1.21 bits per heavy atom. The maximum Gasteiger partial charge on any atom is 0.231 e. The molecule has 1 unspecified atom stereocenters. The molecule has 19 heavy (non-hydrogen) atoms. The molecule has 0 bridgehead atoms. The lowest BCUT2D eigenvalue weighted by Crippen LogP contribution is -2.21. The molecule has 0 saturated heterocycles. The van der Waals surface area contributed by atoms with Crippen molar-refractivity contribution in [1.29, 1.82) is 0 Å². The van der Waals surface area contributed by atoms with Crippen LogP contribution in [0.1, 0.15) is 22.8 Å². The summed E-state index contributed by atoms with van der Waals surface area (Å²) in [6, 6.07) is 7.86. The average Bonchev–Trinajstić information content (AvgIpc) is 3.04. The van der Waals surface area contributed by atoms with Gasteiger partial charge in [0.05, 0.1) is 5.69 Å². The van der Waals surface area contributed by atoms with Crippen molar-refractivity contribution in [2.45, 2.75) is 12.3 Å². The lowest BCUT2D eigenvalue weighted by molar-refractivity contribution is -0.116. The van der Waals surface area contributed by atoms with Crippen LogP contribution in [0.2, 0.25) is 0 Å². The molecule has 0 saturated carbocycles. The molecule has 2 aliphatic heterocycles. The van der Waals surface area contributed by atoms with Gasteiger partial charge in [0.15, 0.2) is 11.5 Å². The summed E-state index contributed by atoms with van der Waals surface area (Å²) >= 11 is 1.68. The van der Waals surface area contributed by atoms with Crippen LogP contribution >= 0.6 is 11.3 Å². The van der Waals surface area contributed by atoms with Gasteiger partial charge >= 0.3 is 0 Å². The quantitative estimate of drug-likeness (QED) is 0.869. The zero-order valence-corrected chi connectivity index (χ0v) is 10.8. The number of rotatable bonds is 1. The van der Waals surface area contributed by atoms with Crippen molar-refractivity contribution in [2.24, 2.45) is 0 Å². The molecular formula is C14H11NO3S. The maximum absolute atomic E-state index is 11.8. The molecule has 0 spiro atoms. The monoisotopic (exact) mass is 273 g/mol. The standard InChI is InChI=1S/C14H11NO3S/c16-13-6-9(14-10(15-13)3-4-19-14)8-1-2-11-12(5-8)18-7-17-11/h1-5,9H,6-7H2,(H,15,16). The van der Waals surface area contributed by atoms with E-state index < -0.39 is 0 Å². The first kappa shape index (κ1) is 10.9. The summed E-state index contributed by atoms with van der Waals surface area (Å²) in [6.45, 7) is 0.272. The lowest BCUT2D eigenvalue weighted by Gasteiger charge is -2.23. The largest absolute Gasteiger partial charge is 0.454 e. The molecule has 3 heterocycles. The van der Waals surface area contributed by atoms with Gasteiger partial charge < -0.3 is 14.8 Å². The zero-order valence-electron chi connectivity index (χ0n) is 10.0. The van der Waals surface area contributed by atoms with Crippen LogP contribution in [0.3, 0.4) is 0 Å². The van der Waals surface area contributed by atoms with E-state index in [1.54, 1.807) is 11.3 Å². The molecule has 4 rings (SSSR count). The van der Waals surface area contributed by atoms with Gasteiger partial charge in [-0.25, -0.2) is 0 Å². The second kappa shape index (κ2) is 3.99. The van der Waals surface area contributed by atoms with Crippen molar-refractivity contribution >= 4 is 22.9 Å². The van der Waals surface area contributed by atoms with Crippen LogP contribution in [0, 0.1) is 0 Å². The molecule has 2 aliphatic rings. The Hall–Kier alpha value is -2.01. The van der Waals surface area contributed by atoms with Gasteiger partial charge in [0, 0.05) is 17.2 Å². The fourth-order valence-electron chi connectivity index (χ4n) is 2.57. The van der Waals surface area contributed by atoms with Gasteiger partial charge in [-0.15, -0.1) is 11.3 Å². The lowest BCUT2D eigenvalue weighted by atomic mass is 9.90. The first-order valence-electron chi connectivity index (χ1n) is 6.08. The predicted molar refractivity (Wildman–Crippen MR) is 72.0 cm³/mol. The number of nitrogens with one attached hydrogen (secondary N) is 1. The number of hydrogen-bond acceptors (Lipinski definition) is 4. The second-order valence-electron chi connectivity index (χ2n) is 4.62. The van der Waals surface area contributed by atoms with Crippen LogP contribution in [0.4, 0.5) is 5.69 Å². The van der Waals surface area contributed by atoms with Crippen LogP contribution in [-0.2, 0) is 4.79 Å². The molecule has 1 aromatic heterocycles. The minimum absolute atomic E-state index is 0.0635. The van der Waals surface area contributed by atoms with Gasteiger partial charge in [-0.3, -0.25) is 4.79 Å². The van der Waals surface area contributed by atoms with Crippen LogP contribution in [0.15, 0.2) is 29.6 Å². The molecule has 0 fully saturated rings. The number of amides is 1. The van der Waals surface area contributed by atoms with E-state index in [9.17, 15) is 4.79 Å². The Balaban J connectivity index is 1.79. The van der Waals surface area contributed by atoms with Crippen LogP contribution in [-0.4, -0.2) is 12.7 Å². The highest BCUT2D eigenvalue weighted by Gasteiger charge is 2.28. The molecule has 1 atom stereocenters. The SMILES string of the molecule is O=C1CC(c2ccc3c(c2)OCO3)c2sccc2N1. The molecule has 4 nitrogen and oxygen atoms in total. The highest BCUT2D eigenvalue weighted by atomic mass is 32.1. The normalized spacial score (nSPS) is 20.0. The number of carbonyl (C=O) groups excluding carboxylic acids is 1. The molecule has 0 radical (unpaired) electrons. The van der Waals surface area contributed by atoms with E-state index in [4.69, 9.17) is 9.47 Å². The van der Waals surface area contributed by atoms with Gasteiger partial charge in [-0.1, -0.05) is 6.07 Å². The molecule has 1 amide bonds. The Labute approximate surface area is 114 Å². The number of ether oxygens (including phenoxy) is 2. The maximum atomic E-state index is 11.8. The second-order valence-corrected chi connectivity index (χ2v) is 5.56. The van der Waals surface area contributed by atoms with Crippen molar-refractivity contribution in [3.63, 3.8) is 0 Å². The number of thiophene rings is 1. The zero-order chi connectivity index (χ0) is 12.8. The molecule has 2 aromatic rings. The summed E-state index contributed by atoms with van der Waals surface area (Å²) < 4.78 is 10.7. The van der Waals surface area contributed by atoms with E-state index in [2.05, 4.69) is 5.32 Å². The van der Waals surface area contributed by atoms with E-state index in [-0.39, 0.29) is 18.6 Å². The summed E-state index contributed by atoms with van der Waals surface area (Å²) in [5.41, 5.74) is 2.03. The van der Waals surface area contributed by atoms with Crippen LogP contribution in [0.25, 0.3) is 0 Å². The average molecular weight is 273 g/mol. The fourth-order valence-corrected chi connectivity index (χ4v) is 3.55. The molecule has 1 aromatic carbocycles. The third-order valence-electron chi connectivity index (χ3n) is 3.47. The topological polar surface area (TPSA) is 47.6 Å². The van der Waals surface area contributed by atoms with E-state index in [1.807, 2.05) is 29.6 Å². The molecule has 5 heteroatoms. The summed E-state index contributed by atoms with van der Waals surface area (Å²) in [4.78, 5) is 13.0. The van der Waals surface area contributed by atoms with E-state index in [0.717, 1.165) is 22.7 Å². The Morgan fingerprint density at radius 2 is 2.11 bits per heavy atom. The van der Waals surface area contributed by atoms with Gasteiger partial charge in [0.2, 0.25) is 12.7 Å². The van der Waals surface area contributed by atoms with Gasteiger partial charge in [0.1, 0.15) is 0 Å². The summed E-state index contributed by atoms with van der Waals surface area (Å²) in [5, 5.41) is 4.92. The highest BCUT2D eigenvalue weighted by molar-refractivity contribution is 7.10. The molecule has 0 aliphatic carbocycles. The molecular weight excluding hydrogens is 262 g/mol. The van der Waals surface area contributed by atoms with E-state index in [0.29, 0.717) is 6.42 Å². The highest BCUT2D eigenvalue weighted by Crippen LogP contribution is 2.43. The van der Waals surface area contributed by atoms with E-state index >= 15 is 0 Å². The van der Waals surface area contributed by atoms with Crippen LogP contribution < -0.4 is 14.8 Å². The number of anilines is 1. The van der Waals surface area contributed by atoms with Gasteiger partial charge in [0.25, 0.3) is 0 Å². The van der Waals surface area contributed by atoms with Crippen LogP contribution in [0.5, 0.6) is 11.5 Å². The van der Waals surface area contributed by atoms with Crippen molar-refractivity contribution < 1.29 is 14.3 Å². The van der Waals surface area contributed by atoms with Gasteiger partial charge in [-0.05, 0) is 29.1 Å². The summed E-state index contributed by atoms with van der Waals surface area (Å²) in [6.07, 6.45) is 0.479. The van der Waals surface area contributed by atoms with Crippen molar-refractivity contribution in [2.75, 3.05) is 12.1 Å². The van der Waals surface area contributed by atoms with Crippen molar-refractivity contribution in [1.82, 2.24) is 0 Å². The number of benzene rings is 1.